The van der Waals surface area contributed by atoms with Crippen LogP contribution < -0.4 is 15.5 Å². The van der Waals surface area contributed by atoms with Crippen molar-refractivity contribution in [3.8, 4) is 0 Å². The zero-order valence-electron chi connectivity index (χ0n) is 18.7. The van der Waals surface area contributed by atoms with Crippen LogP contribution in [0.2, 0.25) is 5.02 Å². The van der Waals surface area contributed by atoms with Gasteiger partial charge in [-0.25, -0.2) is 0 Å². The van der Waals surface area contributed by atoms with Crippen LogP contribution in [-0.2, 0) is 4.79 Å². The molecule has 2 aromatic carbocycles. The van der Waals surface area contributed by atoms with Crippen molar-refractivity contribution in [2.75, 3.05) is 42.7 Å². The van der Waals surface area contributed by atoms with Gasteiger partial charge in [-0.15, -0.1) is 0 Å². The molecule has 1 heterocycles. The van der Waals surface area contributed by atoms with Crippen LogP contribution in [0.1, 0.15) is 42.5 Å². The first-order chi connectivity index (χ1) is 15.4. The number of benzene rings is 2. The Morgan fingerprint density at radius 2 is 1.66 bits per heavy atom. The van der Waals surface area contributed by atoms with Crippen molar-refractivity contribution in [1.29, 1.82) is 0 Å². The van der Waals surface area contributed by atoms with Crippen molar-refractivity contribution in [3.05, 3.63) is 53.1 Å². The normalized spacial score (nSPS) is 18.9. The molecule has 32 heavy (non-hydrogen) atoms. The Balaban J connectivity index is 1.35. The van der Waals surface area contributed by atoms with Gasteiger partial charge in [-0.05, 0) is 75.8 Å². The molecule has 1 saturated heterocycles. The van der Waals surface area contributed by atoms with Crippen molar-refractivity contribution < 1.29 is 9.59 Å². The van der Waals surface area contributed by atoms with E-state index in [0.717, 1.165) is 56.6 Å². The van der Waals surface area contributed by atoms with Gasteiger partial charge < -0.3 is 20.4 Å². The minimum Gasteiger partial charge on any atom is -0.370 e. The average molecular weight is 455 g/mol. The second-order valence-corrected chi connectivity index (χ2v) is 9.43. The van der Waals surface area contributed by atoms with Gasteiger partial charge in [0, 0.05) is 42.1 Å². The van der Waals surface area contributed by atoms with E-state index in [2.05, 4.69) is 34.5 Å². The molecular formula is C25H31ClN4O2. The minimum absolute atomic E-state index is 0.0331. The summed E-state index contributed by atoms with van der Waals surface area (Å²) in [5.74, 6) is -0.162. The monoisotopic (exact) mass is 454 g/mol. The maximum Gasteiger partial charge on any atom is 0.257 e. The molecular weight excluding hydrogens is 424 g/mol. The largest absolute Gasteiger partial charge is 0.370 e. The maximum absolute atomic E-state index is 12.7. The zero-order valence-corrected chi connectivity index (χ0v) is 19.5. The summed E-state index contributed by atoms with van der Waals surface area (Å²) in [4.78, 5) is 29.7. The highest BCUT2D eigenvalue weighted by Crippen LogP contribution is 2.28. The van der Waals surface area contributed by atoms with Crippen LogP contribution in [-0.4, -0.2) is 49.9 Å². The fourth-order valence-corrected chi connectivity index (χ4v) is 4.83. The number of halogens is 1. The van der Waals surface area contributed by atoms with Crippen LogP contribution in [0.15, 0.2) is 42.5 Å². The number of carbonyl (C=O) groups excluding carboxylic acids is 2. The Kier molecular flexibility index (Phi) is 7.01. The van der Waals surface area contributed by atoms with Crippen molar-refractivity contribution in [2.24, 2.45) is 5.92 Å². The highest BCUT2D eigenvalue weighted by atomic mass is 35.5. The van der Waals surface area contributed by atoms with E-state index in [0.29, 0.717) is 22.3 Å². The molecule has 2 amide bonds. The summed E-state index contributed by atoms with van der Waals surface area (Å²) in [5.41, 5.74) is 2.88. The van der Waals surface area contributed by atoms with Crippen molar-refractivity contribution >= 4 is 40.5 Å². The fourth-order valence-electron chi connectivity index (χ4n) is 4.56. The van der Waals surface area contributed by atoms with Gasteiger partial charge in [0.25, 0.3) is 5.91 Å². The van der Waals surface area contributed by atoms with E-state index in [1.54, 1.807) is 18.2 Å². The zero-order chi connectivity index (χ0) is 22.7. The second kappa shape index (κ2) is 9.92. The molecule has 1 unspecified atom stereocenters. The summed E-state index contributed by atoms with van der Waals surface area (Å²) in [6, 6.07) is 13.5. The summed E-state index contributed by atoms with van der Waals surface area (Å²) in [6.07, 6.45) is 5.24. The predicted octanol–water partition coefficient (Wildman–Crippen LogP) is 4.86. The van der Waals surface area contributed by atoms with Gasteiger partial charge in [0.2, 0.25) is 5.91 Å². The molecule has 0 aromatic heterocycles. The highest BCUT2D eigenvalue weighted by molar-refractivity contribution is 6.34. The van der Waals surface area contributed by atoms with E-state index in [9.17, 15) is 9.59 Å². The summed E-state index contributed by atoms with van der Waals surface area (Å²) in [5, 5.41) is 6.15. The van der Waals surface area contributed by atoms with Crippen molar-refractivity contribution in [1.82, 2.24) is 4.90 Å². The molecule has 2 aromatic rings. The SMILES string of the molecule is CN(C)C1CCN(c2ccc(NC(=O)c3ccc(NC(=O)C4CCCC4)cc3Cl)cc2)C1. The van der Waals surface area contributed by atoms with E-state index < -0.39 is 0 Å². The number of anilines is 3. The molecule has 170 valence electrons. The summed E-state index contributed by atoms with van der Waals surface area (Å²) < 4.78 is 0. The molecule has 0 spiro atoms. The van der Waals surface area contributed by atoms with Crippen LogP contribution in [0.25, 0.3) is 0 Å². The number of hydrogen-bond donors (Lipinski definition) is 2. The van der Waals surface area contributed by atoms with Crippen molar-refractivity contribution in [3.63, 3.8) is 0 Å². The van der Waals surface area contributed by atoms with Gasteiger partial charge in [0.05, 0.1) is 10.6 Å². The first kappa shape index (κ1) is 22.6. The Hall–Kier alpha value is -2.57. The van der Waals surface area contributed by atoms with Crippen molar-refractivity contribution in [2.45, 2.75) is 38.1 Å². The first-order valence-corrected chi connectivity index (χ1v) is 11.7. The number of nitrogens with zero attached hydrogens (tertiary/aromatic N) is 2. The average Bonchev–Trinajstić information content (AvgIpc) is 3.47. The van der Waals surface area contributed by atoms with Gasteiger partial charge >= 0.3 is 0 Å². The lowest BCUT2D eigenvalue weighted by Gasteiger charge is -2.22. The lowest BCUT2D eigenvalue weighted by molar-refractivity contribution is -0.119. The molecule has 4 rings (SSSR count). The molecule has 6 nitrogen and oxygen atoms in total. The smallest absolute Gasteiger partial charge is 0.257 e. The Morgan fingerprint density at radius 3 is 2.28 bits per heavy atom. The molecule has 1 aliphatic heterocycles. The number of nitrogens with one attached hydrogen (secondary N) is 2. The number of rotatable bonds is 6. The molecule has 2 aliphatic rings. The Morgan fingerprint density at radius 1 is 0.969 bits per heavy atom. The minimum atomic E-state index is -0.273. The Labute approximate surface area is 194 Å². The van der Waals surface area contributed by atoms with E-state index in [4.69, 9.17) is 11.6 Å². The number of carbonyl (C=O) groups is 2. The molecule has 2 N–H and O–H groups in total. The molecule has 0 bridgehead atoms. The van der Waals surface area contributed by atoms with Gasteiger partial charge in [0.1, 0.15) is 0 Å². The third kappa shape index (κ3) is 5.25. The third-order valence-corrected chi connectivity index (χ3v) is 6.90. The second-order valence-electron chi connectivity index (χ2n) is 9.02. The molecule has 1 atom stereocenters. The van der Waals surface area contributed by atoms with Gasteiger partial charge in [-0.1, -0.05) is 24.4 Å². The topological polar surface area (TPSA) is 64.7 Å². The third-order valence-electron chi connectivity index (χ3n) is 6.59. The van der Waals surface area contributed by atoms with Gasteiger partial charge in [-0.3, -0.25) is 9.59 Å². The maximum atomic E-state index is 12.7. The molecule has 0 radical (unpaired) electrons. The molecule has 1 saturated carbocycles. The van der Waals surface area contributed by atoms with Crippen LogP contribution in [0.3, 0.4) is 0 Å². The molecule has 2 fully saturated rings. The van der Waals surface area contributed by atoms with Crippen LogP contribution in [0.5, 0.6) is 0 Å². The van der Waals surface area contributed by atoms with Crippen LogP contribution in [0, 0.1) is 5.92 Å². The van der Waals surface area contributed by atoms with E-state index in [-0.39, 0.29) is 17.7 Å². The van der Waals surface area contributed by atoms with Crippen LogP contribution >= 0.6 is 11.6 Å². The quantitative estimate of drug-likeness (QED) is 0.654. The Bertz CT molecular complexity index is 970. The standard InChI is InChI=1S/C25H31ClN4O2/c1-29(2)21-13-14-30(16-21)20-10-7-18(8-11-20)27-25(32)22-12-9-19(15-23(22)26)28-24(31)17-5-3-4-6-17/h7-12,15,17,21H,3-6,13-14,16H2,1-2H3,(H,27,32)(H,28,31). The number of amides is 2. The van der Waals surface area contributed by atoms with E-state index in [1.807, 2.05) is 24.3 Å². The molecule has 7 heteroatoms. The lowest BCUT2D eigenvalue weighted by atomic mass is 10.1. The highest BCUT2D eigenvalue weighted by Gasteiger charge is 2.24. The summed E-state index contributed by atoms with van der Waals surface area (Å²) in [7, 11) is 4.24. The first-order valence-electron chi connectivity index (χ1n) is 11.3. The predicted molar refractivity (Wildman–Crippen MR) is 131 cm³/mol. The van der Waals surface area contributed by atoms with Crippen LogP contribution in [0.4, 0.5) is 17.1 Å². The number of hydrogen-bond acceptors (Lipinski definition) is 4. The summed E-state index contributed by atoms with van der Waals surface area (Å²) in [6.45, 7) is 2.05. The summed E-state index contributed by atoms with van der Waals surface area (Å²) >= 11 is 6.36. The molecule has 1 aliphatic carbocycles. The van der Waals surface area contributed by atoms with E-state index >= 15 is 0 Å². The van der Waals surface area contributed by atoms with E-state index in [1.165, 1.54) is 0 Å². The van der Waals surface area contributed by atoms with Gasteiger partial charge in [0.15, 0.2) is 0 Å². The fraction of sp³-hybridized carbons (Fsp3) is 0.440. The number of likely N-dealkylation sites (N-methyl/N-ethyl adjacent to an activating group) is 1. The lowest BCUT2D eigenvalue weighted by Crippen LogP contribution is -2.31. The van der Waals surface area contributed by atoms with Gasteiger partial charge in [-0.2, -0.15) is 0 Å².